The fraction of sp³-hybridized carbons (Fsp3) is 0.375. The first kappa shape index (κ1) is 15.8. The molecule has 0 aromatic rings. The minimum Gasteiger partial charge on any atom is -1.00 e. The van der Waals surface area contributed by atoms with Gasteiger partial charge in [0.15, 0.2) is 0 Å². The van der Waals surface area contributed by atoms with Crippen molar-refractivity contribution < 1.29 is 51.0 Å². The molecule has 3 unspecified atom stereocenters. The van der Waals surface area contributed by atoms with Gasteiger partial charge in [-0.1, -0.05) is 18.2 Å². The zero-order valence-electron chi connectivity index (χ0n) is 6.50. The van der Waals surface area contributed by atoms with E-state index in [-0.39, 0.29) is 51.0 Å². The zero-order chi connectivity index (χ0) is 6.10. The summed E-state index contributed by atoms with van der Waals surface area (Å²) >= 11 is 0. The monoisotopic (exact) mass is 297 g/mol. The van der Waals surface area contributed by atoms with Crippen LogP contribution in [0.15, 0.2) is 24.3 Å². The first-order valence-electron chi connectivity index (χ1n) is 3.38. The Morgan fingerprint density at radius 2 is 1.83 bits per heavy atom. The first-order valence-corrected chi connectivity index (χ1v) is 4.67. The van der Waals surface area contributed by atoms with Crippen LogP contribution in [0.25, 0.3) is 0 Å². The molecule has 0 bridgehead atoms. The van der Waals surface area contributed by atoms with Crippen LogP contribution in [0, 0.1) is 12.3 Å². The van der Waals surface area contributed by atoms with Gasteiger partial charge in [-0.05, 0) is 5.66 Å². The van der Waals surface area contributed by atoms with Crippen LogP contribution in [0.2, 0.25) is 0 Å². The van der Waals surface area contributed by atoms with Crippen LogP contribution in [0.5, 0.6) is 0 Å². The zero-order valence-corrected chi connectivity index (χ0v) is 11.5. The van der Waals surface area contributed by atoms with E-state index >= 15 is 0 Å². The maximum absolute atomic E-state index is 2.43. The van der Waals surface area contributed by atoms with Gasteiger partial charge in [0.05, 0.1) is 0 Å². The molecule has 2 aliphatic rings. The molecule has 0 spiro atoms. The SMILES string of the molecule is C1=CC2[CH-]CPC2C=C1.[Cl-].[Cl-].[Zr+3]. The summed E-state index contributed by atoms with van der Waals surface area (Å²) in [5.41, 5.74) is 0.870. The third-order valence-corrected chi connectivity index (χ3v) is 3.44. The summed E-state index contributed by atoms with van der Waals surface area (Å²) in [6, 6.07) is 0. The van der Waals surface area contributed by atoms with Crippen LogP contribution < -0.4 is 24.8 Å². The molecule has 12 heavy (non-hydrogen) atoms. The van der Waals surface area contributed by atoms with E-state index < -0.39 is 0 Å². The van der Waals surface area contributed by atoms with E-state index in [1.807, 2.05) is 0 Å². The number of hydrogen-bond donors (Lipinski definition) is 0. The van der Waals surface area contributed by atoms with Crippen molar-refractivity contribution in [2.75, 3.05) is 6.16 Å². The minimum absolute atomic E-state index is 0. The van der Waals surface area contributed by atoms with Crippen molar-refractivity contribution in [3.8, 4) is 0 Å². The molecule has 0 amide bonds. The second-order valence-electron chi connectivity index (χ2n) is 2.52. The summed E-state index contributed by atoms with van der Waals surface area (Å²) in [5.74, 6) is 0.785. The van der Waals surface area contributed by atoms with Crippen LogP contribution in [-0.4, -0.2) is 11.8 Å². The van der Waals surface area contributed by atoms with E-state index in [4.69, 9.17) is 0 Å². The van der Waals surface area contributed by atoms with E-state index in [9.17, 15) is 0 Å². The Morgan fingerprint density at radius 1 is 1.17 bits per heavy atom. The molecule has 1 heterocycles. The van der Waals surface area contributed by atoms with Gasteiger partial charge in [0, 0.05) is 0 Å². The van der Waals surface area contributed by atoms with Gasteiger partial charge >= 0.3 is 26.2 Å². The van der Waals surface area contributed by atoms with Gasteiger partial charge in [-0.3, -0.25) is 0 Å². The molecule has 0 saturated carbocycles. The number of hydrogen-bond acceptors (Lipinski definition) is 0. The van der Waals surface area contributed by atoms with Gasteiger partial charge in [-0.2, -0.15) is 6.16 Å². The van der Waals surface area contributed by atoms with Crippen molar-refractivity contribution >= 4 is 8.58 Å². The van der Waals surface area contributed by atoms with E-state index in [0.717, 1.165) is 20.2 Å². The Kier molecular flexibility index (Phi) is 10.2. The van der Waals surface area contributed by atoms with Crippen molar-refractivity contribution in [1.82, 2.24) is 0 Å². The maximum atomic E-state index is 2.43. The molecule has 2 rings (SSSR count). The van der Waals surface area contributed by atoms with Crippen molar-refractivity contribution in [1.29, 1.82) is 0 Å². The fourth-order valence-corrected chi connectivity index (χ4v) is 2.84. The molecule has 4 heteroatoms. The summed E-state index contributed by atoms with van der Waals surface area (Å²) in [6.45, 7) is 0. The Hall–Kier alpha value is 1.37. The molecule has 0 N–H and O–H groups in total. The molecule has 1 radical (unpaired) electrons. The first-order chi connectivity index (χ1) is 4.47. The molecular weight excluding hydrogens is 289 g/mol. The fourth-order valence-electron chi connectivity index (χ4n) is 1.39. The number of halogens is 2. The standard InChI is InChI=1S/C8H10P.2ClH.Zr/c1-2-4-8-7(3-1)5-6-9-8;;;/h1-5,7-9H,6H2;2*1H;/q-1;;;+3/p-2. The summed E-state index contributed by atoms with van der Waals surface area (Å²) in [7, 11) is 1.14. The van der Waals surface area contributed by atoms with Gasteiger partial charge in [0.25, 0.3) is 0 Å². The van der Waals surface area contributed by atoms with E-state index in [1.165, 1.54) is 6.16 Å². The van der Waals surface area contributed by atoms with Crippen molar-refractivity contribution in [2.45, 2.75) is 5.66 Å². The topological polar surface area (TPSA) is 0 Å². The molecule has 3 atom stereocenters. The Bertz CT molecular complexity index is 152. The second kappa shape index (κ2) is 7.75. The van der Waals surface area contributed by atoms with Gasteiger partial charge in [0.1, 0.15) is 0 Å². The average molecular weight is 299 g/mol. The molecule has 65 valence electrons. The van der Waals surface area contributed by atoms with E-state index in [0.29, 0.717) is 0 Å². The summed E-state index contributed by atoms with van der Waals surface area (Å²) in [6.07, 6.45) is 12.8. The van der Waals surface area contributed by atoms with E-state index in [1.54, 1.807) is 0 Å². The molecule has 1 fully saturated rings. The Morgan fingerprint density at radius 3 is 2.50 bits per heavy atom. The maximum Gasteiger partial charge on any atom is 3.00 e. The van der Waals surface area contributed by atoms with E-state index in [2.05, 4.69) is 30.7 Å². The quantitative estimate of drug-likeness (QED) is 0.316. The summed E-state index contributed by atoms with van der Waals surface area (Å²) in [4.78, 5) is 0. The molecule has 1 aliphatic heterocycles. The Balaban J connectivity index is 0. The van der Waals surface area contributed by atoms with Crippen molar-refractivity contribution in [2.24, 2.45) is 5.92 Å². The van der Waals surface area contributed by atoms with Gasteiger partial charge in [0.2, 0.25) is 0 Å². The normalized spacial score (nSPS) is 31.3. The van der Waals surface area contributed by atoms with Crippen LogP contribution in [0.1, 0.15) is 0 Å². The average Bonchev–Trinajstić information content (AvgIpc) is 2.33. The summed E-state index contributed by atoms with van der Waals surface area (Å²) in [5, 5.41) is 0. The predicted molar refractivity (Wildman–Crippen MR) is 43.0 cm³/mol. The van der Waals surface area contributed by atoms with Gasteiger partial charge in [-0.25, -0.2) is 0 Å². The minimum atomic E-state index is 0. The number of fused-ring (bicyclic) bond motifs is 1. The van der Waals surface area contributed by atoms with Crippen LogP contribution >= 0.6 is 8.58 Å². The van der Waals surface area contributed by atoms with Crippen LogP contribution in [-0.2, 0) is 26.2 Å². The molecular formula is C8H10Cl2PZr. The van der Waals surface area contributed by atoms with Crippen molar-refractivity contribution in [3.05, 3.63) is 30.7 Å². The Labute approximate surface area is 107 Å². The smallest absolute Gasteiger partial charge is 1.00 e. The molecule has 0 aromatic heterocycles. The van der Waals surface area contributed by atoms with Gasteiger partial charge < -0.3 is 31.2 Å². The molecule has 0 nitrogen and oxygen atoms in total. The number of allylic oxidation sites excluding steroid dienone is 4. The second-order valence-corrected chi connectivity index (χ2v) is 4.00. The number of rotatable bonds is 0. The largest absolute Gasteiger partial charge is 3.00 e. The predicted octanol–water partition coefficient (Wildman–Crippen LogP) is -4.00. The van der Waals surface area contributed by atoms with Crippen LogP contribution in [0.3, 0.4) is 0 Å². The van der Waals surface area contributed by atoms with Crippen molar-refractivity contribution in [3.63, 3.8) is 0 Å². The summed E-state index contributed by atoms with van der Waals surface area (Å²) < 4.78 is 0. The van der Waals surface area contributed by atoms with Crippen LogP contribution in [0.4, 0.5) is 0 Å². The molecule has 0 aromatic carbocycles. The third-order valence-electron chi connectivity index (χ3n) is 1.92. The molecule has 1 aliphatic carbocycles. The van der Waals surface area contributed by atoms with Gasteiger partial charge in [-0.15, -0.1) is 20.6 Å². The molecule has 1 saturated heterocycles. The third kappa shape index (κ3) is 3.63.